The van der Waals surface area contributed by atoms with Gasteiger partial charge in [0.15, 0.2) is 11.4 Å². The van der Waals surface area contributed by atoms with E-state index in [1.54, 1.807) is 48.5 Å². The zero-order valence-electron chi connectivity index (χ0n) is 15.3. The number of furan rings is 2. The van der Waals surface area contributed by atoms with Crippen molar-refractivity contribution in [1.29, 1.82) is 0 Å². The number of benzene rings is 1. The van der Waals surface area contributed by atoms with Crippen molar-refractivity contribution >= 4 is 35.9 Å². The maximum Gasteiger partial charge on any atom is 0.363 e. The zero-order valence-corrected chi connectivity index (χ0v) is 15.3. The molecule has 8 heteroatoms. The van der Waals surface area contributed by atoms with Crippen molar-refractivity contribution in [1.82, 2.24) is 0 Å². The van der Waals surface area contributed by atoms with Gasteiger partial charge in [0.2, 0.25) is 11.8 Å². The van der Waals surface area contributed by atoms with E-state index in [0.29, 0.717) is 22.6 Å². The molecule has 0 unspecified atom stereocenters. The van der Waals surface area contributed by atoms with Crippen LogP contribution >= 0.6 is 0 Å². The summed E-state index contributed by atoms with van der Waals surface area (Å²) in [6.07, 6.45) is 6.01. The first-order chi connectivity index (χ1) is 14.7. The molecule has 146 valence electrons. The molecule has 1 aromatic carbocycles. The summed E-state index contributed by atoms with van der Waals surface area (Å²) >= 11 is 0. The van der Waals surface area contributed by atoms with Crippen LogP contribution in [-0.2, 0) is 19.1 Å². The summed E-state index contributed by atoms with van der Waals surface area (Å²) < 4.78 is 20.8. The number of esters is 2. The molecule has 0 fully saturated rings. The van der Waals surface area contributed by atoms with Gasteiger partial charge in [-0.15, -0.1) is 0 Å². The third kappa shape index (κ3) is 3.37. The zero-order chi connectivity index (χ0) is 20.5. The van der Waals surface area contributed by atoms with Crippen molar-refractivity contribution in [3.8, 4) is 0 Å². The standard InChI is InChI=1S/C22H12N2O6/c25-21-17(11-15-3-1-9-27-15)23-19(29-21)13-5-7-14(8-6-13)20-24-18(22(26)30-20)12-16-4-2-10-28-16/h1-12H/b17-11-,18-12-. The number of ether oxygens (including phenoxy) is 2. The lowest BCUT2D eigenvalue weighted by atomic mass is 10.1. The van der Waals surface area contributed by atoms with E-state index in [4.69, 9.17) is 18.3 Å². The Morgan fingerprint density at radius 1 is 0.633 bits per heavy atom. The maximum atomic E-state index is 12.0. The predicted octanol–water partition coefficient (Wildman–Crippen LogP) is 3.56. The quantitative estimate of drug-likeness (QED) is 0.490. The van der Waals surface area contributed by atoms with E-state index in [0.717, 1.165) is 0 Å². The van der Waals surface area contributed by atoms with Gasteiger partial charge in [-0.05, 0) is 48.5 Å². The fourth-order valence-electron chi connectivity index (χ4n) is 2.84. The molecule has 0 atom stereocenters. The molecule has 2 aliphatic heterocycles. The minimum atomic E-state index is -0.563. The lowest BCUT2D eigenvalue weighted by Crippen LogP contribution is -2.07. The van der Waals surface area contributed by atoms with Crippen LogP contribution in [0.5, 0.6) is 0 Å². The highest BCUT2D eigenvalue weighted by Crippen LogP contribution is 2.22. The number of carbonyl (C=O) groups excluding carboxylic acids is 2. The molecule has 0 radical (unpaired) electrons. The molecule has 0 saturated heterocycles. The van der Waals surface area contributed by atoms with Gasteiger partial charge in [0.05, 0.1) is 12.5 Å². The first-order valence-electron chi connectivity index (χ1n) is 8.89. The highest BCUT2D eigenvalue weighted by atomic mass is 16.6. The van der Waals surface area contributed by atoms with E-state index in [9.17, 15) is 9.59 Å². The number of cyclic esters (lactones) is 2. The molecule has 0 spiro atoms. The predicted molar refractivity (Wildman–Crippen MR) is 105 cm³/mol. The summed E-state index contributed by atoms with van der Waals surface area (Å²) in [6.45, 7) is 0. The van der Waals surface area contributed by atoms with Crippen molar-refractivity contribution in [2.45, 2.75) is 0 Å². The van der Waals surface area contributed by atoms with Crippen LogP contribution < -0.4 is 0 Å². The van der Waals surface area contributed by atoms with Crippen LogP contribution in [-0.4, -0.2) is 23.7 Å². The van der Waals surface area contributed by atoms with Crippen molar-refractivity contribution in [3.05, 3.63) is 95.1 Å². The van der Waals surface area contributed by atoms with Crippen LogP contribution in [0.3, 0.4) is 0 Å². The largest absolute Gasteiger partial charge is 0.465 e. The Kier molecular flexibility index (Phi) is 4.21. The molecular weight excluding hydrogens is 388 g/mol. The van der Waals surface area contributed by atoms with Crippen molar-refractivity contribution < 1.29 is 27.9 Å². The van der Waals surface area contributed by atoms with E-state index < -0.39 is 11.9 Å². The molecule has 0 N–H and O–H groups in total. The van der Waals surface area contributed by atoms with E-state index in [1.165, 1.54) is 24.7 Å². The van der Waals surface area contributed by atoms with Crippen LogP contribution in [0.25, 0.3) is 12.2 Å². The molecule has 0 bridgehead atoms. The third-order valence-corrected chi connectivity index (χ3v) is 4.26. The fourth-order valence-corrected chi connectivity index (χ4v) is 2.84. The van der Waals surface area contributed by atoms with E-state index >= 15 is 0 Å². The first kappa shape index (κ1) is 17.6. The second-order valence-electron chi connectivity index (χ2n) is 6.28. The highest BCUT2D eigenvalue weighted by Gasteiger charge is 2.26. The fraction of sp³-hybridized carbons (Fsp3) is 0. The van der Waals surface area contributed by atoms with Crippen LogP contribution in [0.4, 0.5) is 0 Å². The second-order valence-corrected chi connectivity index (χ2v) is 6.28. The molecule has 30 heavy (non-hydrogen) atoms. The van der Waals surface area contributed by atoms with E-state index in [2.05, 4.69) is 9.98 Å². The topological polar surface area (TPSA) is 104 Å². The maximum absolute atomic E-state index is 12.0. The summed E-state index contributed by atoms with van der Waals surface area (Å²) in [5.74, 6) is 0.226. The molecule has 2 aromatic heterocycles. The van der Waals surface area contributed by atoms with Crippen molar-refractivity contribution in [3.63, 3.8) is 0 Å². The van der Waals surface area contributed by atoms with Gasteiger partial charge in [0.25, 0.3) is 0 Å². The third-order valence-electron chi connectivity index (χ3n) is 4.26. The Hall–Kier alpha value is -4.46. The SMILES string of the molecule is O=C1OC(c2ccc(C3=N/C(=C\c4ccco4)C(=O)O3)cc2)=N/C1=C\c1ccco1. The lowest BCUT2D eigenvalue weighted by Gasteiger charge is -2.02. The van der Waals surface area contributed by atoms with E-state index in [1.807, 2.05) is 0 Å². The van der Waals surface area contributed by atoms with Crippen molar-refractivity contribution in [2.75, 3.05) is 0 Å². The number of hydrogen-bond donors (Lipinski definition) is 0. The van der Waals surface area contributed by atoms with Gasteiger partial charge in [-0.25, -0.2) is 19.6 Å². The molecule has 0 aliphatic carbocycles. The Bertz CT molecular complexity index is 1140. The normalized spacial score (nSPS) is 18.5. The van der Waals surface area contributed by atoms with Gasteiger partial charge in [-0.2, -0.15) is 0 Å². The first-order valence-corrected chi connectivity index (χ1v) is 8.89. The molecule has 5 rings (SSSR count). The molecule has 3 aromatic rings. The van der Waals surface area contributed by atoms with Crippen LogP contribution in [0.1, 0.15) is 22.6 Å². The minimum absolute atomic E-state index is 0.144. The molecule has 8 nitrogen and oxygen atoms in total. The Morgan fingerprint density at radius 2 is 1.07 bits per heavy atom. The van der Waals surface area contributed by atoms with E-state index in [-0.39, 0.29) is 23.2 Å². The smallest absolute Gasteiger partial charge is 0.363 e. The Labute approximate surface area is 169 Å². The van der Waals surface area contributed by atoms with Crippen LogP contribution in [0, 0.1) is 0 Å². The molecule has 0 saturated carbocycles. The van der Waals surface area contributed by atoms with Gasteiger partial charge in [0, 0.05) is 23.3 Å². The number of nitrogens with zero attached hydrogens (tertiary/aromatic N) is 2. The van der Waals surface area contributed by atoms with Gasteiger partial charge in [-0.3, -0.25) is 0 Å². The van der Waals surface area contributed by atoms with Crippen LogP contribution in [0.15, 0.2) is 91.3 Å². The van der Waals surface area contributed by atoms with Crippen LogP contribution in [0.2, 0.25) is 0 Å². The average molecular weight is 400 g/mol. The molecule has 4 heterocycles. The van der Waals surface area contributed by atoms with Gasteiger partial charge in [0.1, 0.15) is 11.5 Å². The summed E-state index contributed by atoms with van der Waals surface area (Å²) in [6, 6.07) is 13.6. The molecule has 2 aliphatic rings. The summed E-state index contributed by atoms with van der Waals surface area (Å²) in [4.78, 5) is 32.5. The Balaban J connectivity index is 1.38. The molecule has 0 amide bonds. The Morgan fingerprint density at radius 3 is 1.43 bits per heavy atom. The monoisotopic (exact) mass is 400 g/mol. The lowest BCUT2D eigenvalue weighted by molar-refractivity contribution is -0.130. The second kappa shape index (κ2) is 7.17. The van der Waals surface area contributed by atoms with Gasteiger partial charge in [-0.1, -0.05) is 0 Å². The summed E-state index contributed by atoms with van der Waals surface area (Å²) in [5.41, 5.74) is 1.47. The van der Waals surface area contributed by atoms with Gasteiger partial charge >= 0.3 is 11.9 Å². The number of carbonyl (C=O) groups is 2. The summed E-state index contributed by atoms with van der Waals surface area (Å²) in [5, 5.41) is 0. The highest BCUT2D eigenvalue weighted by molar-refractivity contribution is 6.14. The molecular formula is C22H12N2O6. The summed E-state index contributed by atoms with van der Waals surface area (Å²) in [7, 11) is 0. The number of rotatable bonds is 4. The van der Waals surface area contributed by atoms with Gasteiger partial charge < -0.3 is 18.3 Å². The minimum Gasteiger partial charge on any atom is -0.465 e. The average Bonchev–Trinajstić information content (AvgIpc) is 3.54. The van der Waals surface area contributed by atoms with Crippen molar-refractivity contribution in [2.24, 2.45) is 9.98 Å². The number of aliphatic imine (C=N–C) groups is 2. The number of hydrogen-bond acceptors (Lipinski definition) is 8.